The average molecular weight is 356 g/mol. The Balaban J connectivity index is 1.67. The highest BCUT2D eigenvalue weighted by Gasteiger charge is 2.20. The van der Waals surface area contributed by atoms with Crippen molar-refractivity contribution in [3.05, 3.63) is 102 Å². The van der Waals surface area contributed by atoms with Crippen molar-refractivity contribution in [3.8, 4) is 5.75 Å². The molecule has 4 rings (SSSR count). The van der Waals surface area contributed by atoms with Crippen LogP contribution < -0.4 is 4.74 Å². The largest absolute Gasteiger partial charge is 0.489 e. The zero-order valence-electron chi connectivity index (χ0n) is 15.7. The number of aromatic amines is 1. The van der Waals surface area contributed by atoms with Crippen LogP contribution >= 0.6 is 0 Å². The monoisotopic (exact) mass is 356 g/mol. The summed E-state index contributed by atoms with van der Waals surface area (Å²) in [7, 11) is 4.23. The van der Waals surface area contributed by atoms with Crippen molar-refractivity contribution in [2.45, 2.75) is 12.6 Å². The van der Waals surface area contributed by atoms with Crippen LogP contribution in [0.25, 0.3) is 10.9 Å². The summed E-state index contributed by atoms with van der Waals surface area (Å²) in [6.07, 6.45) is 2.11. The van der Waals surface area contributed by atoms with E-state index in [0.717, 1.165) is 11.3 Å². The molecular formula is C24H24N2O. The fourth-order valence-electron chi connectivity index (χ4n) is 3.57. The summed E-state index contributed by atoms with van der Waals surface area (Å²) in [5, 5.41) is 1.20. The number of H-pyrrole nitrogens is 1. The summed E-state index contributed by atoms with van der Waals surface area (Å²) in [5.74, 6) is 0.887. The minimum Gasteiger partial charge on any atom is -0.489 e. The van der Waals surface area contributed by atoms with Crippen molar-refractivity contribution in [1.82, 2.24) is 9.88 Å². The van der Waals surface area contributed by atoms with E-state index in [-0.39, 0.29) is 6.04 Å². The normalized spacial score (nSPS) is 12.4. The van der Waals surface area contributed by atoms with E-state index in [9.17, 15) is 0 Å². The summed E-state index contributed by atoms with van der Waals surface area (Å²) in [6.45, 7) is 0.571. The van der Waals surface area contributed by atoms with Crippen LogP contribution in [0.5, 0.6) is 5.75 Å². The number of nitrogens with zero attached hydrogens (tertiary/aromatic N) is 1. The molecule has 0 fully saturated rings. The van der Waals surface area contributed by atoms with Gasteiger partial charge < -0.3 is 9.72 Å². The Hall–Kier alpha value is -3.04. The number of aromatic nitrogens is 1. The maximum atomic E-state index is 6.04. The molecule has 0 aliphatic rings. The Bertz CT molecular complexity index is 1010. The van der Waals surface area contributed by atoms with Gasteiger partial charge in [-0.1, -0.05) is 60.7 Å². The van der Waals surface area contributed by atoms with Crippen LogP contribution in [0.4, 0.5) is 0 Å². The standard InChI is InChI=1S/C24H24N2O/c1-26(2)24(19-11-7-4-8-12-19)22-16-25-23-14-13-20(15-21(22)23)27-17-18-9-5-3-6-10-18/h3-16,24-25H,17H2,1-2H3. The van der Waals surface area contributed by atoms with Gasteiger partial charge in [-0.3, -0.25) is 4.90 Å². The van der Waals surface area contributed by atoms with Gasteiger partial charge in [0.25, 0.3) is 0 Å². The van der Waals surface area contributed by atoms with E-state index in [4.69, 9.17) is 4.74 Å². The maximum absolute atomic E-state index is 6.04. The van der Waals surface area contributed by atoms with Crippen LogP contribution in [0.2, 0.25) is 0 Å². The van der Waals surface area contributed by atoms with E-state index in [2.05, 4.69) is 84.8 Å². The van der Waals surface area contributed by atoms with E-state index >= 15 is 0 Å². The number of benzene rings is 3. The molecule has 0 aliphatic heterocycles. The molecule has 0 saturated heterocycles. The van der Waals surface area contributed by atoms with Crippen LogP contribution in [0.3, 0.4) is 0 Å². The van der Waals surface area contributed by atoms with Gasteiger partial charge in [0, 0.05) is 17.1 Å². The van der Waals surface area contributed by atoms with Crippen LogP contribution in [0.15, 0.2) is 85.1 Å². The van der Waals surface area contributed by atoms with E-state index in [1.54, 1.807) is 0 Å². The number of hydrogen-bond acceptors (Lipinski definition) is 2. The molecule has 3 aromatic carbocycles. The molecule has 0 radical (unpaired) electrons. The molecule has 0 spiro atoms. The Kier molecular flexibility index (Phi) is 4.95. The molecule has 0 aliphatic carbocycles. The van der Waals surface area contributed by atoms with Crippen LogP contribution in [0.1, 0.15) is 22.7 Å². The molecule has 1 heterocycles. The number of ether oxygens (including phenoxy) is 1. The van der Waals surface area contributed by atoms with Gasteiger partial charge in [-0.15, -0.1) is 0 Å². The quantitative estimate of drug-likeness (QED) is 0.501. The fraction of sp³-hybridized carbons (Fsp3) is 0.167. The molecule has 4 aromatic rings. The van der Waals surface area contributed by atoms with Crippen molar-refractivity contribution in [1.29, 1.82) is 0 Å². The highest BCUT2D eigenvalue weighted by Crippen LogP contribution is 2.34. The number of rotatable bonds is 6. The Morgan fingerprint density at radius 3 is 2.30 bits per heavy atom. The van der Waals surface area contributed by atoms with Crippen molar-refractivity contribution in [2.75, 3.05) is 14.1 Å². The number of nitrogens with one attached hydrogen (secondary N) is 1. The third kappa shape index (κ3) is 3.74. The summed E-state index contributed by atoms with van der Waals surface area (Å²) in [6, 6.07) is 27.3. The van der Waals surface area contributed by atoms with Crippen molar-refractivity contribution in [3.63, 3.8) is 0 Å². The summed E-state index contributed by atoms with van der Waals surface area (Å²) in [4.78, 5) is 5.66. The first kappa shape index (κ1) is 17.4. The highest BCUT2D eigenvalue weighted by molar-refractivity contribution is 5.85. The minimum absolute atomic E-state index is 0.185. The van der Waals surface area contributed by atoms with Crippen LogP contribution in [-0.4, -0.2) is 24.0 Å². The van der Waals surface area contributed by atoms with Gasteiger partial charge in [0.2, 0.25) is 0 Å². The lowest BCUT2D eigenvalue weighted by Gasteiger charge is -2.24. The molecule has 0 amide bonds. The van der Waals surface area contributed by atoms with Crippen molar-refractivity contribution in [2.24, 2.45) is 0 Å². The molecule has 136 valence electrons. The zero-order chi connectivity index (χ0) is 18.6. The fourth-order valence-corrected chi connectivity index (χ4v) is 3.57. The van der Waals surface area contributed by atoms with Gasteiger partial charge >= 0.3 is 0 Å². The van der Waals surface area contributed by atoms with E-state index < -0.39 is 0 Å². The first-order valence-electron chi connectivity index (χ1n) is 9.21. The SMILES string of the molecule is CN(C)C(c1ccccc1)c1c[nH]c2ccc(OCc3ccccc3)cc12. The molecule has 27 heavy (non-hydrogen) atoms. The second-order valence-electron chi connectivity index (χ2n) is 7.00. The molecular weight excluding hydrogens is 332 g/mol. The lowest BCUT2D eigenvalue weighted by molar-refractivity contribution is 0.306. The first-order valence-corrected chi connectivity index (χ1v) is 9.21. The van der Waals surface area contributed by atoms with Gasteiger partial charge in [0.1, 0.15) is 12.4 Å². The van der Waals surface area contributed by atoms with Gasteiger partial charge in [-0.05, 0) is 49.0 Å². The Labute approximate surface area is 160 Å². The first-order chi connectivity index (χ1) is 13.2. The van der Waals surface area contributed by atoms with E-state index in [1.807, 2.05) is 24.3 Å². The molecule has 1 N–H and O–H groups in total. The van der Waals surface area contributed by atoms with Crippen molar-refractivity contribution < 1.29 is 4.74 Å². The van der Waals surface area contributed by atoms with Gasteiger partial charge in [0.15, 0.2) is 0 Å². The van der Waals surface area contributed by atoms with Gasteiger partial charge in [-0.2, -0.15) is 0 Å². The predicted molar refractivity (Wildman–Crippen MR) is 111 cm³/mol. The van der Waals surface area contributed by atoms with E-state index in [1.165, 1.54) is 22.1 Å². The molecule has 0 bridgehead atoms. The van der Waals surface area contributed by atoms with Crippen LogP contribution in [0, 0.1) is 0 Å². The highest BCUT2D eigenvalue weighted by atomic mass is 16.5. The Morgan fingerprint density at radius 2 is 1.59 bits per heavy atom. The molecule has 1 atom stereocenters. The minimum atomic E-state index is 0.185. The van der Waals surface area contributed by atoms with Crippen molar-refractivity contribution >= 4 is 10.9 Å². The summed E-state index contributed by atoms with van der Waals surface area (Å²) >= 11 is 0. The number of fused-ring (bicyclic) bond motifs is 1. The molecule has 1 unspecified atom stereocenters. The zero-order valence-corrected chi connectivity index (χ0v) is 15.7. The number of hydrogen-bond donors (Lipinski definition) is 1. The molecule has 1 aromatic heterocycles. The third-order valence-corrected chi connectivity index (χ3v) is 4.86. The second-order valence-corrected chi connectivity index (χ2v) is 7.00. The average Bonchev–Trinajstić information content (AvgIpc) is 3.11. The second kappa shape index (κ2) is 7.68. The van der Waals surface area contributed by atoms with Crippen LogP contribution in [-0.2, 0) is 6.61 Å². The maximum Gasteiger partial charge on any atom is 0.120 e. The smallest absolute Gasteiger partial charge is 0.120 e. The topological polar surface area (TPSA) is 28.3 Å². The molecule has 3 heteroatoms. The molecule has 0 saturated carbocycles. The lowest BCUT2D eigenvalue weighted by atomic mass is 9.97. The molecule has 3 nitrogen and oxygen atoms in total. The summed E-state index contributed by atoms with van der Waals surface area (Å²) < 4.78 is 6.04. The van der Waals surface area contributed by atoms with E-state index in [0.29, 0.717) is 6.61 Å². The summed E-state index contributed by atoms with van der Waals surface area (Å²) in [5.41, 5.74) is 4.83. The van der Waals surface area contributed by atoms with Gasteiger partial charge in [-0.25, -0.2) is 0 Å². The Morgan fingerprint density at radius 1 is 0.889 bits per heavy atom. The third-order valence-electron chi connectivity index (χ3n) is 4.86. The predicted octanol–water partition coefficient (Wildman–Crippen LogP) is 5.40. The van der Waals surface area contributed by atoms with Gasteiger partial charge in [0.05, 0.1) is 6.04 Å². The lowest BCUT2D eigenvalue weighted by Crippen LogP contribution is -2.20.